The maximum absolute atomic E-state index is 4.30. The van der Waals surface area contributed by atoms with Crippen molar-refractivity contribution in [2.75, 3.05) is 7.05 Å². The Morgan fingerprint density at radius 1 is 1.20 bits per heavy atom. The van der Waals surface area contributed by atoms with Crippen molar-refractivity contribution in [1.29, 1.82) is 0 Å². The van der Waals surface area contributed by atoms with E-state index in [1.807, 2.05) is 7.05 Å². The minimum absolute atomic E-state index is 0.284. The van der Waals surface area contributed by atoms with E-state index in [1.54, 1.807) is 0 Å². The van der Waals surface area contributed by atoms with E-state index in [0.717, 1.165) is 12.1 Å². The van der Waals surface area contributed by atoms with Crippen molar-refractivity contribution in [2.24, 2.45) is 0 Å². The van der Waals surface area contributed by atoms with Crippen molar-refractivity contribution in [1.82, 2.24) is 14.9 Å². The molecule has 1 unspecified atom stereocenters. The summed E-state index contributed by atoms with van der Waals surface area (Å²) in [6.07, 6.45) is 0.985. The number of nitrogens with zero attached hydrogens (tertiary/aromatic N) is 2. The lowest BCUT2D eigenvalue weighted by Gasteiger charge is -2.19. The molecule has 1 aromatic carbocycles. The van der Waals surface area contributed by atoms with Gasteiger partial charge in [0.1, 0.15) is 0 Å². The van der Waals surface area contributed by atoms with Gasteiger partial charge in [-0.2, -0.15) is 0 Å². The predicted octanol–water partition coefficient (Wildman–Crippen LogP) is 3.78. The van der Waals surface area contributed by atoms with Crippen LogP contribution in [0.2, 0.25) is 0 Å². The monoisotopic (exact) mass is 289 g/mol. The zero-order chi connectivity index (χ0) is 14.7. The van der Waals surface area contributed by atoms with Crippen LogP contribution in [-0.4, -0.2) is 16.6 Å². The molecule has 0 aliphatic heterocycles. The Bertz CT molecular complexity index is 555. The number of nitrogens with one attached hydrogen (secondary N) is 1. The maximum atomic E-state index is 4.30. The Hall–Kier alpha value is -1.26. The van der Waals surface area contributed by atoms with Crippen LogP contribution >= 0.6 is 11.5 Å². The molecular weight excluding hydrogens is 266 g/mol. The number of rotatable bonds is 5. The van der Waals surface area contributed by atoms with Crippen LogP contribution in [0.3, 0.4) is 0 Å². The highest BCUT2D eigenvalue weighted by atomic mass is 32.1. The third-order valence-electron chi connectivity index (χ3n) is 3.80. The van der Waals surface area contributed by atoms with Crippen LogP contribution in [0, 0.1) is 13.8 Å². The fourth-order valence-electron chi connectivity index (χ4n) is 2.55. The predicted molar refractivity (Wildman–Crippen MR) is 85.4 cm³/mol. The number of aryl methyl sites for hydroxylation is 2. The van der Waals surface area contributed by atoms with Crippen molar-refractivity contribution in [3.05, 3.63) is 45.5 Å². The molecule has 0 amide bonds. The van der Waals surface area contributed by atoms with Gasteiger partial charge < -0.3 is 5.32 Å². The summed E-state index contributed by atoms with van der Waals surface area (Å²) in [5, 5.41) is 7.73. The number of benzene rings is 1. The molecule has 2 rings (SSSR count). The molecule has 1 aromatic heterocycles. The van der Waals surface area contributed by atoms with Gasteiger partial charge in [0, 0.05) is 6.04 Å². The van der Waals surface area contributed by atoms with Crippen molar-refractivity contribution in [2.45, 2.75) is 46.1 Å². The molecule has 20 heavy (non-hydrogen) atoms. The average Bonchev–Trinajstić information content (AvgIpc) is 2.88. The number of hydrogen-bond acceptors (Lipinski definition) is 4. The van der Waals surface area contributed by atoms with Crippen LogP contribution < -0.4 is 5.32 Å². The summed E-state index contributed by atoms with van der Waals surface area (Å²) in [6.45, 7) is 8.71. The second kappa shape index (κ2) is 6.46. The highest BCUT2D eigenvalue weighted by molar-refractivity contribution is 7.05. The molecule has 0 aliphatic carbocycles. The summed E-state index contributed by atoms with van der Waals surface area (Å²) in [6, 6.07) is 6.77. The molecule has 2 aromatic rings. The molecule has 3 nitrogen and oxygen atoms in total. The Labute approximate surface area is 125 Å². The molecule has 108 valence electrons. The number of hydrogen-bond donors (Lipinski definition) is 1. The van der Waals surface area contributed by atoms with Crippen LogP contribution in [0.4, 0.5) is 0 Å². The smallest absolute Gasteiger partial charge is 0.0829 e. The van der Waals surface area contributed by atoms with Gasteiger partial charge in [-0.25, -0.2) is 0 Å². The first kappa shape index (κ1) is 15.1. The van der Waals surface area contributed by atoms with Gasteiger partial charge in [-0.15, -0.1) is 5.10 Å². The third kappa shape index (κ3) is 3.07. The van der Waals surface area contributed by atoms with Gasteiger partial charge in [-0.3, -0.25) is 0 Å². The lowest BCUT2D eigenvalue weighted by Crippen LogP contribution is -2.20. The number of aromatic nitrogens is 2. The van der Waals surface area contributed by atoms with Gasteiger partial charge in [0.2, 0.25) is 0 Å². The molecule has 1 N–H and O–H groups in total. The molecule has 0 saturated heterocycles. The first-order valence-electron chi connectivity index (χ1n) is 7.09. The zero-order valence-electron chi connectivity index (χ0n) is 12.9. The normalized spacial score (nSPS) is 12.9. The molecule has 0 saturated carbocycles. The quantitative estimate of drug-likeness (QED) is 0.910. The Morgan fingerprint density at radius 3 is 2.40 bits per heavy atom. The highest BCUT2D eigenvalue weighted by Gasteiger charge is 2.21. The van der Waals surface area contributed by atoms with E-state index in [4.69, 9.17) is 0 Å². The van der Waals surface area contributed by atoms with Crippen LogP contribution in [0.15, 0.2) is 18.2 Å². The largest absolute Gasteiger partial charge is 0.312 e. The summed E-state index contributed by atoms with van der Waals surface area (Å²) in [5.74, 6) is 0.414. The third-order valence-corrected chi connectivity index (χ3v) is 4.66. The number of likely N-dealkylation sites (N-methyl/N-ethyl adjacent to an activating group) is 1. The van der Waals surface area contributed by atoms with Crippen LogP contribution in [0.1, 0.15) is 53.1 Å². The van der Waals surface area contributed by atoms with E-state index >= 15 is 0 Å². The van der Waals surface area contributed by atoms with Crippen LogP contribution in [-0.2, 0) is 6.42 Å². The molecular formula is C16H23N3S. The Balaban J connectivity index is 2.32. The molecule has 0 radical (unpaired) electrons. The Morgan fingerprint density at radius 2 is 1.85 bits per heavy atom. The van der Waals surface area contributed by atoms with E-state index < -0.39 is 0 Å². The van der Waals surface area contributed by atoms with E-state index in [2.05, 4.69) is 60.8 Å². The van der Waals surface area contributed by atoms with Crippen LogP contribution in [0.5, 0.6) is 0 Å². The van der Waals surface area contributed by atoms with Crippen LogP contribution in [0.25, 0.3) is 0 Å². The summed E-state index contributed by atoms with van der Waals surface area (Å²) in [4.78, 5) is 1.27. The van der Waals surface area contributed by atoms with Gasteiger partial charge in [0.05, 0.1) is 10.6 Å². The topological polar surface area (TPSA) is 37.8 Å². The zero-order valence-corrected chi connectivity index (χ0v) is 13.7. The van der Waals surface area contributed by atoms with E-state index in [1.165, 1.54) is 33.1 Å². The molecule has 0 bridgehead atoms. The molecule has 0 aliphatic rings. The van der Waals surface area contributed by atoms with Gasteiger partial charge >= 0.3 is 0 Å². The van der Waals surface area contributed by atoms with E-state index in [9.17, 15) is 0 Å². The summed E-state index contributed by atoms with van der Waals surface area (Å²) >= 11 is 1.52. The van der Waals surface area contributed by atoms with Crippen molar-refractivity contribution in [3.8, 4) is 0 Å². The van der Waals surface area contributed by atoms with Gasteiger partial charge in [-0.05, 0) is 61.5 Å². The molecule has 0 fully saturated rings. The second-order valence-corrected chi connectivity index (χ2v) is 6.38. The second-order valence-electron chi connectivity index (χ2n) is 5.59. The van der Waals surface area contributed by atoms with Crippen molar-refractivity contribution in [3.63, 3.8) is 0 Å². The lowest BCUT2D eigenvalue weighted by atomic mass is 9.94. The molecule has 0 spiro atoms. The molecule has 1 heterocycles. The summed E-state index contributed by atoms with van der Waals surface area (Å²) in [7, 11) is 2.02. The van der Waals surface area contributed by atoms with Gasteiger partial charge in [0.25, 0.3) is 0 Å². The van der Waals surface area contributed by atoms with E-state index in [-0.39, 0.29) is 6.04 Å². The Kier molecular flexibility index (Phi) is 4.89. The van der Waals surface area contributed by atoms with E-state index in [0.29, 0.717) is 5.92 Å². The fourth-order valence-corrected chi connectivity index (χ4v) is 3.46. The first-order valence-corrected chi connectivity index (χ1v) is 7.86. The summed E-state index contributed by atoms with van der Waals surface area (Å²) < 4.78 is 4.15. The highest BCUT2D eigenvalue weighted by Crippen LogP contribution is 2.29. The van der Waals surface area contributed by atoms with Crippen molar-refractivity contribution < 1.29 is 0 Å². The maximum Gasteiger partial charge on any atom is 0.0829 e. The standard InChI is InChI=1S/C16H23N3S/c1-10(2)15-16(20-19-18-15)14(17-5)9-13-11(3)7-6-8-12(13)4/h6-8,10,14,17H,9H2,1-5H3. The minimum Gasteiger partial charge on any atom is -0.312 e. The van der Waals surface area contributed by atoms with Crippen molar-refractivity contribution >= 4 is 11.5 Å². The van der Waals surface area contributed by atoms with Gasteiger partial charge in [0.15, 0.2) is 0 Å². The fraction of sp³-hybridized carbons (Fsp3) is 0.500. The lowest BCUT2D eigenvalue weighted by molar-refractivity contribution is 0.586. The minimum atomic E-state index is 0.284. The molecule has 4 heteroatoms. The van der Waals surface area contributed by atoms with Gasteiger partial charge in [-0.1, -0.05) is 36.5 Å². The average molecular weight is 289 g/mol. The molecule has 1 atom stereocenters. The SMILES string of the molecule is CNC(Cc1c(C)cccc1C)c1snnc1C(C)C. The first-order chi connectivity index (χ1) is 9.54. The summed E-state index contributed by atoms with van der Waals surface area (Å²) in [5.41, 5.74) is 5.26.